The van der Waals surface area contributed by atoms with Gasteiger partial charge in [-0.05, 0) is 233 Å². The van der Waals surface area contributed by atoms with Crippen molar-refractivity contribution in [3.05, 3.63) is 332 Å². The molecule has 0 radical (unpaired) electrons. The van der Waals surface area contributed by atoms with Crippen molar-refractivity contribution in [2.45, 2.75) is 14.4 Å². The Labute approximate surface area is 647 Å². The molecule has 10 aromatic rings. The number of carboxylic acids is 3. The molecule has 0 fully saturated rings. The number of amides is 4. The van der Waals surface area contributed by atoms with Crippen molar-refractivity contribution in [1.29, 1.82) is 0 Å². The Kier molecular flexibility index (Phi) is 34.0. The smallest absolute Gasteiger partial charge is 0.338 e. The van der Waals surface area contributed by atoms with E-state index in [0.717, 1.165) is 22.3 Å². The van der Waals surface area contributed by atoms with Crippen molar-refractivity contribution >= 4 is 157 Å². The van der Waals surface area contributed by atoms with Gasteiger partial charge in [0.25, 0.3) is 28.9 Å². The molecule has 0 aliphatic carbocycles. The summed E-state index contributed by atoms with van der Waals surface area (Å²) in [6.07, 6.45) is 7.67. The fraction of sp³-hybridized carbons (Fsp3) is 0.0833. The zero-order valence-corrected chi connectivity index (χ0v) is 61.1. The molecule has 4 amide bonds. The third kappa shape index (κ3) is 26.4. The Morgan fingerprint density at radius 1 is 0.345 bits per heavy atom. The molecule has 5 N–H and O–H groups in total. The van der Waals surface area contributed by atoms with Crippen LogP contribution in [0.5, 0.6) is 0 Å². The van der Waals surface area contributed by atoms with Crippen LogP contribution >= 0.6 is 34.8 Å². The van der Waals surface area contributed by atoms with E-state index in [0.29, 0.717) is 56.0 Å². The summed E-state index contributed by atoms with van der Waals surface area (Å²) in [5.74, 6) is -5.98. The fourth-order valence-corrected chi connectivity index (χ4v) is 9.53. The molecule has 0 aliphatic rings. The van der Waals surface area contributed by atoms with Crippen LogP contribution in [0.3, 0.4) is 0 Å². The van der Waals surface area contributed by atoms with Gasteiger partial charge in [-0.25, -0.2) is 28.8 Å². The zero-order chi connectivity index (χ0) is 79.9. The van der Waals surface area contributed by atoms with E-state index in [2.05, 4.69) is 43.3 Å². The van der Waals surface area contributed by atoms with Crippen LogP contribution in [0.2, 0.25) is 0 Å². The number of nitrogens with zero attached hydrogens (tertiary/aromatic N) is 2. The lowest BCUT2D eigenvalue weighted by molar-refractivity contribution is -0.127. The van der Waals surface area contributed by atoms with Gasteiger partial charge in [-0.1, -0.05) is 111 Å². The van der Waals surface area contributed by atoms with E-state index in [1.807, 2.05) is 104 Å². The predicted octanol–water partition coefficient (Wildman–Crippen LogP) is 16.4. The lowest BCUT2D eigenvalue weighted by Crippen LogP contribution is -2.26. The van der Waals surface area contributed by atoms with Gasteiger partial charge in [0, 0.05) is 59.0 Å². The molecule has 0 aromatic heterocycles. The van der Waals surface area contributed by atoms with E-state index < -0.39 is 57.4 Å². The molecule has 0 aliphatic heterocycles. The third-order valence-electron chi connectivity index (χ3n) is 15.4. The average Bonchev–Trinajstić information content (AvgIpc) is 0.532. The van der Waals surface area contributed by atoms with Crippen LogP contribution < -0.4 is 20.4 Å². The first-order valence-corrected chi connectivity index (χ1v) is 33.2. The monoisotopic (exact) mass is 1540 g/mol. The first-order chi connectivity index (χ1) is 52.0. The second-order valence-electron chi connectivity index (χ2n) is 22.6. The van der Waals surface area contributed by atoms with Gasteiger partial charge < -0.3 is 50.0 Å². The number of ether oxygens (including phenoxy) is 3. The van der Waals surface area contributed by atoms with E-state index in [-0.39, 0.29) is 58.7 Å². The Hall–Kier alpha value is -13.7. The molecule has 0 spiro atoms. The van der Waals surface area contributed by atoms with Crippen LogP contribution in [0.25, 0.3) is 24.3 Å². The number of methoxy groups -OCH3 is 3. The first-order valence-electron chi connectivity index (χ1n) is 32.1. The number of carboxylic acid groups (broad SMARTS) is 3. The normalized spacial score (nSPS) is 10.1. The molecule has 0 atom stereocenters. The lowest BCUT2D eigenvalue weighted by Gasteiger charge is -2.17. The van der Waals surface area contributed by atoms with Crippen molar-refractivity contribution in [1.82, 2.24) is 0 Å². The number of nitrogens with one attached hydrogen (secondary N) is 2. The Morgan fingerprint density at radius 3 is 1.05 bits per heavy atom. The summed E-state index contributed by atoms with van der Waals surface area (Å²) in [6, 6.07) is 66.3. The molecule has 0 saturated heterocycles. The van der Waals surface area contributed by atoms with Crippen LogP contribution in [-0.4, -0.2) is 126 Å². The Balaban J connectivity index is 0.000000264. The third-order valence-corrected chi connectivity index (χ3v) is 16.0. The van der Waals surface area contributed by atoms with E-state index in [4.69, 9.17) is 26.6 Å². The van der Waals surface area contributed by atoms with Gasteiger partial charge in [0.15, 0.2) is 0 Å². The molecule has 0 heterocycles. The van der Waals surface area contributed by atoms with Gasteiger partial charge in [-0.3, -0.25) is 33.6 Å². The van der Waals surface area contributed by atoms with Gasteiger partial charge >= 0.3 is 46.3 Å². The highest BCUT2D eigenvalue weighted by molar-refractivity contribution is 6.97. The Bertz CT molecular complexity index is 4880. The zero-order valence-electron chi connectivity index (χ0n) is 58.8. The van der Waals surface area contributed by atoms with Crippen molar-refractivity contribution < 1.29 is 91.9 Å². The minimum Gasteiger partial charge on any atom is -0.478 e. The van der Waals surface area contributed by atoms with Gasteiger partial charge in [0.2, 0.25) is 0 Å². The van der Waals surface area contributed by atoms with Gasteiger partial charge in [0.05, 0.1) is 60.4 Å². The lowest BCUT2D eigenvalue weighted by atomic mass is 10.0. The topological polar surface area (TPSA) is 341 Å². The highest BCUT2D eigenvalue weighted by Gasteiger charge is 2.20. The van der Waals surface area contributed by atoms with Gasteiger partial charge in [-0.2, -0.15) is 0 Å². The first kappa shape index (κ1) is 86.9. The summed E-state index contributed by atoms with van der Waals surface area (Å²) in [5, 5.41) is 30.0. The van der Waals surface area contributed by atoms with E-state index in [1.165, 1.54) is 140 Å². The standard InChI is InChI=1S/C30H22N2O6.C17H14ClNO4.C17H15NO5.C17H16O2.C2Cl2O2.CH4/c33-27(21-9-11-23(12-10-21)29(35)36)31-24-15-13-22(14-16-24)28(34)32-26-17-8-20(18-25(26)30(37)38)7-6-19-4-2-1-3-5-19;1-19(14-9-7-11(8-10-14)15(18)20)16(21)12-3-5-13(6-4-12)17(22)23-2;1-18(14-9-7-12(8-10-14)16(20)21)15(19)11-3-5-13(6-4-11)17(22)23-2;1-13-8-9-15(12-16(13)17(18)19-2)11-10-14-6-4-3-5-7-14;3-1(5)2(4)6;/h1-18H,(H,31,33)(H,32,34)(H,35,36)(H,37,38);3-10H,1-2H3;3-10H,1-2H3,(H,20,21);3-12H,1-2H3;;1H4/b7-6+;;;11-10+;;. The van der Waals surface area contributed by atoms with Crippen LogP contribution in [-0.2, 0) is 23.8 Å². The summed E-state index contributed by atoms with van der Waals surface area (Å²) >= 11 is 14.4. The Morgan fingerprint density at radius 2 is 0.673 bits per heavy atom. The maximum Gasteiger partial charge on any atom is 0.338 e. The second kappa shape index (κ2) is 43.0. The summed E-state index contributed by atoms with van der Waals surface area (Å²) in [4.78, 5) is 151. The van der Waals surface area contributed by atoms with E-state index >= 15 is 0 Å². The van der Waals surface area contributed by atoms with Crippen LogP contribution in [0.15, 0.2) is 243 Å². The number of esters is 3. The summed E-state index contributed by atoms with van der Waals surface area (Å²) in [6.45, 7) is 1.90. The number of carbonyl (C=O) groups excluding carboxylic acids is 10. The summed E-state index contributed by atoms with van der Waals surface area (Å²) in [7, 11) is 7.19. The number of hydrogen-bond donors (Lipinski definition) is 5. The second-order valence-corrected chi connectivity index (χ2v) is 23.6. The van der Waals surface area contributed by atoms with Crippen LogP contribution in [0.4, 0.5) is 22.7 Å². The number of anilines is 4. The van der Waals surface area contributed by atoms with Crippen LogP contribution in [0, 0.1) is 6.92 Å². The van der Waals surface area contributed by atoms with E-state index in [9.17, 15) is 67.4 Å². The summed E-state index contributed by atoms with van der Waals surface area (Å²) in [5.41, 5.74) is 9.68. The molecule has 23 nitrogen and oxygen atoms in total. The fourth-order valence-electron chi connectivity index (χ4n) is 9.40. The predicted molar refractivity (Wildman–Crippen MR) is 422 cm³/mol. The molecule has 10 rings (SSSR count). The maximum absolute atomic E-state index is 12.8. The average molecular weight is 1550 g/mol. The largest absolute Gasteiger partial charge is 0.478 e. The number of benzene rings is 10. The number of hydrogen-bond acceptors (Lipinski definition) is 16. The number of aryl methyl sites for hydroxylation is 1. The SMILES string of the molecule is C.COC(=O)c1cc(/C=C/c2ccccc2)ccc1C.COC(=O)c1ccc(C(=O)N(C)c2ccc(C(=O)Cl)cc2)cc1.COC(=O)c1ccc(C(=O)N(C)c2ccc(C(=O)O)cc2)cc1.O=C(Cl)C(=O)Cl.O=C(O)c1ccc(C(=O)Nc2ccc(C(=O)Nc3ccc(/C=C/c4ccccc4)cc3C(=O)O)cc2)cc1. The molecular weight excluding hydrogens is 1480 g/mol. The number of aromatic carboxylic acids is 3. The molecule has 0 unspecified atom stereocenters. The number of carbonyl (C=O) groups is 13. The quantitative estimate of drug-likeness (QED) is 0.0156. The molecule has 0 bridgehead atoms. The molecule has 562 valence electrons. The van der Waals surface area contributed by atoms with Crippen LogP contribution in [0.1, 0.15) is 149 Å². The minimum atomic E-state index is -1.18. The highest BCUT2D eigenvalue weighted by atomic mass is 35.5. The van der Waals surface area contributed by atoms with Crippen molar-refractivity contribution in [3.8, 4) is 0 Å². The molecule has 26 heteroatoms. The molecule has 10 aromatic carbocycles. The van der Waals surface area contributed by atoms with E-state index in [1.54, 1.807) is 74.8 Å². The molecule has 110 heavy (non-hydrogen) atoms. The number of rotatable bonds is 20. The maximum atomic E-state index is 12.8. The molecular formula is C84H71Cl3N4O19. The highest BCUT2D eigenvalue weighted by Crippen LogP contribution is 2.24. The van der Waals surface area contributed by atoms with Crippen molar-refractivity contribution in [2.24, 2.45) is 0 Å². The van der Waals surface area contributed by atoms with Crippen molar-refractivity contribution in [3.63, 3.8) is 0 Å². The minimum absolute atomic E-state index is 0. The van der Waals surface area contributed by atoms with Gasteiger partial charge in [0.1, 0.15) is 0 Å². The number of halogens is 3. The summed E-state index contributed by atoms with van der Waals surface area (Å²) < 4.78 is 14.0. The van der Waals surface area contributed by atoms with Crippen molar-refractivity contribution in [2.75, 3.05) is 55.9 Å². The van der Waals surface area contributed by atoms with Gasteiger partial charge in [-0.15, -0.1) is 0 Å². The molecule has 0 saturated carbocycles.